The fourth-order valence-electron chi connectivity index (χ4n) is 2.60. The van der Waals surface area contributed by atoms with Gasteiger partial charge in [-0.25, -0.2) is 0 Å². The lowest BCUT2D eigenvalue weighted by Crippen LogP contribution is -2.28. The zero-order valence-electron chi connectivity index (χ0n) is 14.0. The van der Waals surface area contributed by atoms with Crippen molar-refractivity contribution in [1.29, 1.82) is 0 Å². The quantitative estimate of drug-likeness (QED) is 0.857. The Morgan fingerprint density at radius 2 is 2.04 bits per heavy atom. The van der Waals surface area contributed by atoms with Crippen LogP contribution in [0.2, 0.25) is 5.02 Å². The van der Waals surface area contributed by atoms with Crippen LogP contribution in [0.4, 0.5) is 0 Å². The highest BCUT2D eigenvalue weighted by atomic mass is 35.5. The van der Waals surface area contributed by atoms with Crippen LogP contribution in [-0.2, 0) is 17.8 Å². The smallest absolute Gasteiger partial charge is 0.258 e. The van der Waals surface area contributed by atoms with E-state index in [9.17, 15) is 4.79 Å². The molecule has 132 valence electrons. The minimum Gasteiger partial charge on any atom is -0.486 e. The molecule has 0 saturated carbocycles. The molecule has 6 heteroatoms. The maximum Gasteiger partial charge on any atom is 0.258 e. The van der Waals surface area contributed by atoms with E-state index >= 15 is 0 Å². The van der Waals surface area contributed by atoms with Crippen LogP contribution in [0.5, 0.6) is 17.2 Å². The number of amides is 1. The molecular weight excluding hydrogens is 342 g/mol. The van der Waals surface area contributed by atoms with Crippen LogP contribution < -0.4 is 19.5 Å². The number of hydrogen-bond acceptors (Lipinski definition) is 4. The van der Waals surface area contributed by atoms with E-state index in [1.165, 1.54) is 0 Å². The molecule has 0 saturated heterocycles. The molecule has 5 nitrogen and oxygen atoms in total. The summed E-state index contributed by atoms with van der Waals surface area (Å²) >= 11 is 6.19. The van der Waals surface area contributed by atoms with Gasteiger partial charge in [0.2, 0.25) is 0 Å². The Morgan fingerprint density at radius 3 is 2.88 bits per heavy atom. The van der Waals surface area contributed by atoms with Gasteiger partial charge in [-0.2, -0.15) is 0 Å². The maximum atomic E-state index is 12.0. The monoisotopic (exact) mass is 361 g/mol. The van der Waals surface area contributed by atoms with Gasteiger partial charge < -0.3 is 19.5 Å². The largest absolute Gasteiger partial charge is 0.486 e. The highest BCUT2D eigenvalue weighted by Gasteiger charge is 2.17. The first-order chi connectivity index (χ1) is 12.2. The van der Waals surface area contributed by atoms with Gasteiger partial charge >= 0.3 is 0 Å². The summed E-state index contributed by atoms with van der Waals surface area (Å²) in [6.07, 6.45) is 0.855. The van der Waals surface area contributed by atoms with Gasteiger partial charge in [0.1, 0.15) is 19.0 Å². The van der Waals surface area contributed by atoms with Crippen LogP contribution in [0.25, 0.3) is 0 Å². The topological polar surface area (TPSA) is 56.8 Å². The number of para-hydroxylation sites is 1. The van der Waals surface area contributed by atoms with E-state index in [0.717, 1.165) is 23.3 Å². The summed E-state index contributed by atoms with van der Waals surface area (Å²) in [5.41, 5.74) is 1.92. The number of benzene rings is 2. The molecular formula is C19H20ClNO4. The SMILES string of the molecule is CCc1ccccc1OCC(=O)NCc1cc(Cl)c2c(c1)OCCO2. The number of hydrogen-bond donors (Lipinski definition) is 1. The first-order valence-corrected chi connectivity index (χ1v) is 8.60. The van der Waals surface area contributed by atoms with E-state index in [4.69, 9.17) is 25.8 Å². The van der Waals surface area contributed by atoms with E-state index in [0.29, 0.717) is 36.3 Å². The highest BCUT2D eigenvalue weighted by molar-refractivity contribution is 6.32. The molecule has 0 atom stereocenters. The first kappa shape index (κ1) is 17.4. The number of nitrogens with one attached hydrogen (secondary N) is 1. The Balaban J connectivity index is 1.55. The van der Waals surface area contributed by atoms with Crippen molar-refractivity contribution < 1.29 is 19.0 Å². The summed E-state index contributed by atoms with van der Waals surface area (Å²) in [7, 11) is 0. The van der Waals surface area contributed by atoms with Crippen molar-refractivity contribution in [1.82, 2.24) is 5.32 Å². The summed E-state index contributed by atoms with van der Waals surface area (Å²) in [6.45, 7) is 3.33. The number of aryl methyl sites for hydroxylation is 1. The third-order valence-corrected chi connectivity index (χ3v) is 4.14. The van der Waals surface area contributed by atoms with Crippen molar-refractivity contribution in [3.63, 3.8) is 0 Å². The van der Waals surface area contributed by atoms with Crippen molar-refractivity contribution in [3.8, 4) is 17.2 Å². The fraction of sp³-hybridized carbons (Fsp3) is 0.316. The summed E-state index contributed by atoms with van der Waals surface area (Å²) < 4.78 is 16.6. The van der Waals surface area contributed by atoms with Gasteiger partial charge in [0.15, 0.2) is 18.1 Å². The Hall–Kier alpha value is -2.40. The van der Waals surface area contributed by atoms with Crippen LogP contribution in [0.3, 0.4) is 0 Å². The van der Waals surface area contributed by atoms with Gasteiger partial charge in [-0.15, -0.1) is 0 Å². The second-order valence-electron chi connectivity index (χ2n) is 5.63. The van der Waals surface area contributed by atoms with Gasteiger partial charge in [0.25, 0.3) is 5.91 Å². The molecule has 1 amide bonds. The summed E-state index contributed by atoms with van der Waals surface area (Å²) in [6, 6.07) is 11.3. The molecule has 1 N–H and O–H groups in total. The van der Waals surface area contributed by atoms with Crippen LogP contribution in [0.1, 0.15) is 18.1 Å². The van der Waals surface area contributed by atoms with Crippen molar-refractivity contribution in [2.24, 2.45) is 0 Å². The van der Waals surface area contributed by atoms with Gasteiger partial charge in [-0.3, -0.25) is 4.79 Å². The predicted molar refractivity (Wildman–Crippen MR) is 95.6 cm³/mol. The fourth-order valence-corrected chi connectivity index (χ4v) is 2.89. The van der Waals surface area contributed by atoms with Crippen molar-refractivity contribution >= 4 is 17.5 Å². The Bertz CT molecular complexity index is 763. The lowest BCUT2D eigenvalue weighted by atomic mass is 10.1. The molecule has 3 rings (SSSR count). The number of ether oxygens (including phenoxy) is 3. The van der Waals surface area contributed by atoms with Crippen LogP contribution in [-0.4, -0.2) is 25.7 Å². The van der Waals surface area contributed by atoms with Crippen LogP contribution in [0, 0.1) is 0 Å². The normalized spacial score (nSPS) is 12.6. The van der Waals surface area contributed by atoms with Gasteiger partial charge in [-0.05, 0) is 35.7 Å². The molecule has 1 heterocycles. The Morgan fingerprint density at radius 1 is 1.24 bits per heavy atom. The minimum absolute atomic E-state index is 0.0324. The average molecular weight is 362 g/mol. The van der Waals surface area contributed by atoms with Gasteiger partial charge in [0, 0.05) is 6.54 Å². The van der Waals surface area contributed by atoms with Crippen LogP contribution >= 0.6 is 11.6 Å². The standard InChI is InChI=1S/C19H20ClNO4/c1-2-14-5-3-4-6-16(14)25-12-18(22)21-11-13-9-15(20)19-17(10-13)23-7-8-24-19/h3-6,9-10H,2,7-8,11-12H2,1H3,(H,21,22). The lowest BCUT2D eigenvalue weighted by Gasteiger charge is -2.20. The molecule has 0 spiro atoms. The molecule has 0 fully saturated rings. The molecule has 0 aromatic heterocycles. The summed E-state index contributed by atoms with van der Waals surface area (Å²) in [5, 5.41) is 3.30. The average Bonchev–Trinajstić information content (AvgIpc) is 2.65. The Kier molecular flexibility index (Phi) is 5.66. The second kappa shape index (κ2) is 8.12. The molecule has 0 aliphatic carbocycles. The molecule has 1 aliphatic rings. The zero-order chi connectivity index (χ0) is 17.6. The number of carbonyl (C=O) groups is 1. The zero-order valence-corrected chi connectivity index (χ0v) is 14.8. The number of halogens is 1. The molecule has 2 aromatic rings. The highest BCUT2D eigenvalue weighted by Crippen LogP contribution is 2.38. The van der Waals surface area contributed by atoms with Crippen molar-refractivity contribution in [2.75, 3.05) is 19.8 Å². The number of rotatable bonds is 6. The molecule has 0 unspecified atom stereocenters. The van der Waals surface area contributed by atoms with Gasteiger partial charge in [0.05, 0.1) is 5.02 Å². The first-order valence-electron chi connectivity index (χ1n) is 8.22. The van der Waals surface area contributed by atoms with Gasteiger partial charge in [-0.1, -0.05) is 36.7 Å². The molecule has 1 aliphatic heterocycles. The minimum atomic E-state index is -0.197. The molecule has 25 heavy (non-hydrogen) atoms. The maximum absolute atomic E-state index is 12.0. The molecule has 0 radical (unpaired) electrons. The third kappa shape index (κ3) is 4.37. The van der Waals surface area contributed by atoms with Crippen molar-refractivity contribution in [3.05, 3.63) is 52.5 Å². The summed E-state index contributed by atoms with van der Waals surface area (Å²) in [4.78, 5) is 12.0. The van der Waals surface area contributed by atoms with Crippen LogP contribution in [0.15, 0.2) is 36.4 Å². The molecule has 2 aromatic carbocycles. The Labute approximate surface area is 151 Å². The number of carbonyl (C=O) groups excluding carboxylic acids is 1. The lowest BCUT2D eigenvalue weighted by molar-refractivity contribution is -0.123. The third-order valence-electron chi connectivity index (χ3n) is 3.86. The van der Waals surface area contributed by atoms with E-state index in [-0.39, 0.29) is 12.5 Å². The van der Waals surface area contributed by atoms with E-state index in [2.05, 4.69) is 5.32 Å². The molecule has 0 bridgehead atoms. The summed E-state index contributed by atoms with van der Waals surface area (Å²) in [5.74, 6) is 1.71. The number of fused-ring (bicyclic) bond motifs is 1. The van der Waals surface area contributed by atoms with Crippen molar-refractivity contribution in [2.45, 2.75) is 19.9 Å². The van der Waals surface area contributed by atoms with E-state index in [1.54, 1.807) is 6.07 Å². The predicted octanol–water partition coefficient (Wildman–Crippen LogP) is 3.37. The van der Waals surface area contributed by atoms with E-state index in [1.807, 2.05) is 37.3 Å². The second-order valence-corrected chi connectivity index (χ2v) is 6.04. The van der Waals surface area contributed by atoms with E-state index < -0.39 is 0 Å².